The second-order valence-corrected chi connectivity index (χ2v) is 7.17. The van der Waals surface area contributed by atoms with Crippen LogP contribution in [-0.2, 0) is 17.6 Å². The molecule has 1 saturated heterocycles. The molecule has 0 spiro atoms. The van der Waals surface area contributed by atoms with Gasteiger partial charge >= 0.3 is 0 Å². The molecular weight excluding hydrogens is 312 g/mol. The van der Waals surface area contributed by atoms with Crippen molar-refractivity contribution in [3.05, 3.63) is 16.0 Å². The van der Waals surface area contributed by atoms with Gasteiger partial charge in [-0.15, -0.1) is 0 Å². The van der Waals surface area contributed by atoms with E-state index in [2.05, 4.69) is 9.88 Å². The number of primary amides is 1. The average molecular weight is 333 g/mol. The van der Waals surface area contributed by atoms with Gasteiger partial charge in [-0.05, 0) is 31.2 Å². The fourth-order valence-corrected chi connectivity index (χ4v) is 4.70. The molecule has 1 amide bonds. The largest absolute Gasteiger partial charge is 0.397 e. The third-order valence-corrected chi connectivity index (χ3v) is 5.92. The quantitative estimate of drug-likeness (QED) is 0.860. The van der Waals surface area contributed by atoms with E-state index in [-0.39, 0.29) is 0 Å². The highest BCUT2D eigenvalue weighted by atomic mass is 32.1. The molecule has 122 valence electrons. The first-order chi connectivity index (χ1) is 11.2. The third kappa shape index (κ3) is 2.35. The summed E-state index contributed by atoms with van der Waals surface area (Å²) in [7, 11) is 0. The van der Waals surface area contributed by atoms with Crippen molar-refractivity contribution in [2.24, 2.45) is 5.73 Å². The van der Waals surface area contributed by atoms with Crippen LogP contribution in [0.2, 0.25) is 0 Å². The van der Waals surface area contributed by atoms with E-state index in [0.717, 1.165) is 55.8 Å². The van der Waals surface area contributed by atoms with E-state index in [4.69, 9.17) is 16.2 Å². The van der Waals surface area contributed by atoms with E-state index < -0.39 is 5.91 Å². The number of carbonyl (C=O) groups excluding carboxylic acids is 1. The lowest BCUT2D eigenvalue weighted by Gasteiger charge is -2.26. The maximum atomic E-state index is 11.7. The number of amides is 1. The molecule has 4 rings (SSSR count). The fourth-order valence-electron chi connectivity index (χ4n) is 3.70. The minimum absolute atomic E-state index is 0.449. The number of aromatic amines is 1. The second-order valence-electron chi connectivity index (χ2n) is 6.15. The summed E-state index contributed by atoms with van der Waals surface area (Å²) in [4.78, 5) is 19.0. The third-order valence-electron chi connectivity index (χ3n) is 4.78. The summed E-state index contributed by atoms with van der Waals surface area (Å²) < 4.78 is 5.47. The van der Waals surface area contributed by atoms with Gasteiger partial charge in [-0.3, -0.25) is 9.69 Å². The molecule has 3 heterocycles. The number of fused-ring (bicyclic) bond motifs is 3. The molecule has 2 aromatic rings. The highest BCUT2D eigenvalue weighted by molar-refractivity contribution is 7.20. The van der Waals surface area contributed by atoms with Crippen molar-refractivity contribution in [2.45, 2.75) is 25.7 Å². The molecule has 2 aliphatic rings. The predicted molar refractivity (Wildman–Crippen MR) is 91.0 cm³/mol. The Morgan fingerprint density at radius 2 is 1.87 bits per heavy atom. The number of thiophene rings is 1. The number of anilines is 2. The van der Waals surface area contributed by atoms with Gasteiger partial charge in [0, 0.05) is 5.56 Å². The van der Waals surface area contributed by atoms with Crippen LogP contribution < -0.4 is 21.4 Å². The van der Waals surface area contributed by atoms with E-state index in [9.17, 15) is 4.79 Å². The summed E-state index contributed by atoms with van der Waals surface area (Å²) in [5.41, 5.74) is 14.9. The number of hydrogen-bond donors (Lipinski definition) is 2. The lowest BCUT2D eigenvalue weighted by Crippen LogP contribution is -2.40. The van der Waals surface area contributed by atoms with Crippen LogP contribution in [0.3, 0.4) is 0 Å². The Morgan fingerprint density at radius 3 is 2.57 bits per heavy atom. The first kappa shape index (κ1) is 14.7. The van der Waals surface area contributed by atoms with Gasteiger partial charge in [-0.2, -0.15) is 0 Å². The van der Waals surface area contributed by atoms with Gasteiger partial charge in [0.05, 0.1) is 24.3 Å². The first-order valence-electron chi connectivity index (χ1n) is 8.08. The van der Waals surface area contributed by atoms with Gasteiger partial charge in [-0.1, -0.05) is 11.3 Å². The fraction of sp³-hybridized carbons (Fsp3) is 0.500. The molecule has 0 aromatic carbocycles. The zero-order chi connectivity index (χ0) is 16.0. The van der Waals surface area contributed by atoms with E-state index >= 15 is 0 Å². The lowest BCUT2D eigenvalue weighted by molar-refractivity contribution is -0.328. The van der Waals surface area contributed by atoms with Crippen LogP contribution in [0.1, 0.15) is 33.6 Å². The normalized spacial score (nSPS) is 18.2. The predicted octanol–water partition coefficient (Wildman–Crippen LogP) is 1.11. The van der Waals surface area contributed by atoms with Crippen LogP contribution in [0.25, 0.3) is 10.2 Å². The number of aryl methyl sites for hydroxylation is 1. The number of carbonyl (C=O) groups is 1. The number of H-pyrrole nitrogens is 1. The van der Waals surface area contributed by atoms with Gasteiger partial charge in [0.15, 0.2) is 4.83 Å². The average Bonchev–Trinajstić information content (AvgIpc) is 2.92. The van der Waals surface area contributed by atoms with Crippen LogP contribution in [0, 0.1) is 0 Å². The molecular formula is C16H21N4O2S+. The van der Waals surface area contributed by atoms with Crippen LogP contribution >= 0.6 is 11.3 Å². The smallest absolute Gasteiger partial charge is 0.279 e. The molecule has 7 heteroatoms. The topological polar surface area (TPSA) is 95.7 Å². The standard InChI is InChI=1S/C16H20N4O2S/c17-12-11-9-3-1-2-4-10(9)15(20-5-7-22-8-6-20)19-16(11)23-13(12)14(18)21/h1-8,17H2,(H2,18,21)/p+1. The SMILES string of the molecule is NC(=O)c1sc2[nH+]c(N3CCOCC3)c3c(c2c1N)CCCC3. The van der Waals surface area contributed by atoms with E-state index in [1.165, 1.54) is 34.7 Å². The summed E-state index contributed by atoms with van der Waals surface area (Å²) in [5.74, 6) is 0.724. The minimum Gasteiger partial charge on any atom is -0.397 e. The number of hydrogen-bond acceptors (Lipinski definition) is 5. The van der Waals surface area contributed by atoms with E-state index in [1.807, 2.05) is 0 Å². The highest BCUT2D eigenvalue weighted by Crippen LogP contribution is 2.39. The summed E-state index contributed by atoms with van der Waals surface area (Å²) in [5, 5.41) is 1.01. The molecule has 0 saturated carbocycles. The maximum absolute atomic E-state index is 11.7. The van der Waals surface area contributed by atoms with Crippen LogP contribution in [0.15, 0.2) is 0 Å². The summed E-state index contributed by atoms with van der Waals surface area (Å²) in [6.45, 7) is 3.27. The molecule has 1 aliphatic carbocycles. The lowest BCUT2D eigenvalue weighted by atomic mass is 9.89. The Kier molecular flexibility index (Phi) is 3.61. The number of aromatic nitrogens is 1. The van der Waals surface area contributed by atoms with Gasteiger partial charge in [0.1, 0.15) is 18.0 Å². The monoisotopic (exact) mass is 333 g/mol. The molecule has 1 fully saturated rings. The van der Waals surface area contributed by atoms with Crippen molar-refractivity contribution in [2.75, 3.05) is 36.9 Å². The van der Waals surface area contributed by atoms with Crippen molar-refractivity contribution >= 4 is 39.0 Å². The second kappa shape index (κ2) is 5.65. The summed E-state index contributed by atoms with van der Waals surface area (Å²) in [6, 6.07) is 0. The van der Waals surface area contributed by atoms with E-state index in [1.54, 1.807) is 0 Å². The molecule has 5 N–H and O–H groups in total. The van der Waals surface area contributed by atoms with Crippen LogP contribution in [0.4, 0.5) is 11.5 Å². The zero-order valence-corrected chi connectivity index (χ0v) is 13.8. The number of rotatable bonds is 2. The van der Waals surface area contributed by atoms with Crippen molar-refractivity contribution in [1.82, 2.24) is 0 Å². The number of nitrogens with one attached hydrogen (secondary N) is 1. The number of nitrogen functional groups attached to an aromatic ring is 1. The number of morpholine rings is 1. The summed E-state index contributed by atoms with van der Waals surface area (Å²) in [6.07, 6.45) is 4.42. The van der Waals surface area contributed by atoms with Crippen molar-refractivity contribution in [3.8, 4) is 0 Å². The number of ether oxygens (including phenoxy) is 1. The maximum Gasteiger partial charge on any atom is 0.279 e. The minimum atomic E-state index is -0.449. The molecule has 2 aromatic heterocycles. The van der Waals surface area contributed by atoms with Gasteiger partial charge in [0.25, 0.3) is 11.7 Å². The molecule has 1 aliphatic heterocycles. The Hall–Kier alpha value is -1.86. The van der Waals surface area contributed by atoms with Gasteiger partial charge < -0.3 is 16.2 Å². The molecule has 0 atom stereocenters. The summed E-state index contributed by atoms with van der Waals surface area (Å²) >= 11 is 1.37. The van der Waals surface area contributed by atoms with Gasteiger partial charge in [-0.25, -0.2) is 4.98 Å². The van der Waals surface area contributed by atoms with Crippen LogP contribution in [-0.4, -0.2) is 32.2 Å². The Labute approximate surface area is 138 Å². The van der Waals surface area contributed by atoms with Crippen LogP contribution in [0.5, 0.6) is 0 Å². The number of nitrogens with two attached hydrogens (primary N) is 2. The van der Waals surface area contributed by atoms with Crippen molar-refractivity contribution in [1.29, 1.82) is 0 Å². The van der Waals surface area contributed by atoms with Crippen molar-refractivity contribution in [3.63, 3.8) is 0 Å². The highest BCUT2D eigenvalue weighted by Gasteiger charge is 2.31. The first-order valence-corrected chi connectivity index (χ1v) is 8.90. The van der Waals surface area contributed by atoms with Crippen molar-refractivity contribution < 1.29 is 14.5 Å². The molecule has 6 nitrogen and oxygen atoms in total. The number of pyridine rings is 1. The Morgan fingerprint density at radius 1 is 1.17 bits per heavy atom. The number of nitrogens with zero attached hydrogens (tertiary/aromatic N) is 1. The molecule has 0 unspecified atom stereocenters. The molecule has 0 bridgehead atoms. The Balaban J connectivity index is 1.95. The molecule has 0 radical (unpaired) electrons. The Bertz CT molecular complexity index is 780. The zero-order valence-electron chi connectivity index (χ0n) is 13.0. The molecule has 23 heavy (non-hydrogen) atoms. The van der Waals surface area contributed by atoms with Gasteiger partial charge in [0.2, 0.25) is 0 Å². The van der Waals surface area contributed by atoms with E-state index in [0.29, 0.717) is 10.6 Å².